The second-order valence-corrected chi connectivity index (χ2v) is 8.48. The van der Waals surface area contributed by atoms with Gasteiger partial charge < -0.3 is 24.4 Å². The summed E-state index contributed by atoms with van der Waals surface area (Å²) in [5, 5.41) is 21.0. The molecule has 0 unspecified atom stereocenters. The largest absolute Gasteiger partial charge is 0.469 e. The molecular formula is C23H40O6. The molecular weight excluding hydrogens is 372 g/mol. The van der Waals surface area contributed by atoms with E-state index in [1.807, 2.05) is 0 Å². The van der Waals surface area contributed by atoms with Crippen molar-refractivity contribution >= 4 is 5.97 Å². The lowest BCUT2D eigenvalue weighted by molar-refractivity contribution is -0.171. The molecule has 1 aliphatic carbocycles. The van der Waals surface area contributed by atoms with E-state index in [1.165, 1.54) is 13.5 Å². The number of esters is 1. The van der Waals surface area contributed by atoms with E-state index in [0.717, 1.165) is 51.4 Å². The van der Waals surface area contributed by atoms with Gasteiger partial charge in [-0.2, -0.15) is 0 Å². The number of allylic oxidation sites excluding steroid dienone is 2. The van der Waals surface area contributed by atoms with Gasteiger partial charge in [-0.05, 0) is 50.4 Å². The molecule has 1 saturated heterocycles. The van der Waals surface area contributed by atoms with Crippen molar-refractivity contribution in [1.82, 2.24) is 0 Å². The molecule has 1 saturated carbocycles. The third-order valence-corrected chi connectivity index (χ3v) is 6.41. The zero-order valence-corrected chi connectivity index (χ0v) is 18.2. The molecule has 0 radical (unpaired) electrons. The second-order valence-electron chi connectivity index (χ2n) is 8.48. The quantitative estimate of drug-likeness (QED) is 0.272. The maximum Gasteiger partial charge on any atom is 0.305 e. The van der Waals surface area contributed by atoms with E-state index in [-0.39, 0.29) is 17.8 Å². The van der Waals surface area contributed by atoms with E-state index in [9.17, 15) is 15.0 Å². The smallest absolute Gasteiger partial charge is 0.305 e. The van der Waals surface area contributed by atoms with E-state index >= 15 is 0 Å². The second kappa shape index (κ2) is 12.7. The van der Waals surface area contributed by atoms with Crippen molar-refractivity contribution in [2.75, 3.05) is 20.3 Å². The van der Waals surface area contributed by atoms with E-state index in [1.54, 1.807) is 0 Å². The summed E-state index contributed by atoms with van der Waals surface area (Å²) in [6.45, 7) is 3.46. The first-order chi connectivity index (χ1) is 14.0. The maximum absolute atomic E-state index is 11.1. The van der Waals surface area contributed by atoms with Crippen LogP contribution in [0.5, 0.6) is 0 Å². The van der Waals surface area contributed by atoms with Gasteiger partial charge in [0.05, 0.1) is 32.5 Å². The molecule has 0 aromatic carbocycles. The summed E-state index contributed by atoms with van der Waals surface area (Å²) in [5.74, 6) is -0.579. The summed E-state index contributed by atoms with van der Waals surface area (Å²) in [6, 6.07) is 0. The Balaban J connectivity index is 1.82. The highest BCUT2D eigenvalue weighted by Gasteiger charge is 2.43. The van der Waals surface area contributed by atoms with Gasteiger partial charge in [0.15, 0.2) is 5.79 Å². The average molecular weight is 413 g/mol. The van der Waals surface area contributed by atoms with E-state index in [0.29, 0.717) is 26.1 Å². The Bertz CT molecular complexity index is 500. The van der Waals surface area contributed by atoms with Gasteiger partial charge in [0.2, 0.25) is 0 Å². The standard InChI is InChI=1S/C23H40O6/c1-3-4-9-13-23(28-15-16-29-23)14-12-19-18(20(24)17-21(19)25)10-7-5-6-8-11-22(26)27-2/h5,7,18-21,24-25H,3-4,6,8-17H2,1-2H3/t18-,19-,20+,21-/m1/s1. The fourth-order valence-electron chi connectivity index (χ4n) is 4.69. The summed E-state index contributed by atoms with van der Waals surface area (Å²) in [4.78, 5) is 11.1. The van der Waals surface area contributed by atoms with E-state index < -0.39 is 18.0 Å². The summed E-state index contributed by atoms with van der Waals surface area (Å²) < 4.78 is 16.6. The van der Waals surface area contributed by atoms with E-state index in [2.05, 4.69) is 23.8 Å². The Morgan fingerprint density at radius 1 is 1.07 bits per heavy atom. The van der Waals surface area contributed by atoms with Crippen molar-refractivity contribution in [2.24, 2.45) is 11.8 Å². The number of carbonyl (C=O) groups is 1. The Morgan fingerprint density at radius 3 is 2.48 bits per heavy atom. The molecule has 0 aromatic heterocycles. The van der Waals surface area contributed by atoms with Gasteiger partial charge >= 0.3 is 5.97 Å². The summed E-state index contributed by atoms with van der Waals surface area (Å²) >= 11 is 0. The van der Waals surface area contributed by atoms with E-state index in [4.69, 9.17) is 9.47 Å². The van der Waals surface area contributed by atoms with Crippen molar-refractivity contribution < 1.29 is 29.2 Å². The van der Waals surface area contributed by atoms with Crippen LogP contribution in [-0.2, 0) is 19.0 Å². The van der Waals surface area contributed by atoms with Gasteiger partial charge in [-0.15, -0.1) is 0 Å². The molecule has 2 N–H and O–H groups in total. The number of rotatable bonds is 13. The Labute approximate surface area is 175 Å². The van der Waals surface area contributed by atoms with Gasteiger partial charge in [-0.3, -0.25) is 4.79 Å². The number of hydrogen-bond donors (Lipinski definition) is 2. The molecule has 0 amide bonds. The molecule has 1 heterocycles. The van der Waals surface area contributed by atoms with Gasteiger partial charge in [0, 0.05) is 19.3 Å². The predicted octanol–water partition coefficient (Wildman–Crippen LogP) is 3.74. The maximum atomic E-state index is 11.1. The average Bonchev–Trinajstić information content (AvgIpc) is 3.27. The zero-order chi connectivity index (χ0) is 21.1. The SMILES string of the molecule is CCCCCC1(CC[C@@H]2[C@@H](CC=CCCCC(=O)OC)[C@@H](O)C[C@H]2O)OCCO1. The van der Waals surface area contributed by atoms with Crippen LogP contribution in [-0.4, -0.2) is 54.5 Å². The van der Waals surface area contributed by atoms with Crippen molar-refractivity contribution in [3.63, 3.8) is 0 Å². The minimum atomic E-state index is -0.503. The Morgan fingerprint density at radius 2 is 1.79 bits per heavy atom. The molecule has 0 aromatic rings. The summed E-state index contributed by atoms with van der Waals surface area (Å²) in [6.07, 6.45) is 12.3. The third-order valence-electron chi connectivity index (χ3n) is 6.41. The zero-order valence-electron chi connectivity index (χ0n) is 18.2. The molecule has 168 valence electrons. The van der Waals surface area contributed by atoms with Crippen molar-refractivity contribution in [1.29, 1.82) is 0 Å². The lowest BCUT2D eigenvalue weighted by atomic mass is 9.85. The lowest BCUT2D eigenvalue weighted by Gasteiger charge is -2.31. The van der Waals surface area contributed by atoms with Crippen LogP contribution in [0.4, 0.5) is 0 Å². The normalized spacial score (nSPS) is 29.0. The Hall–Kier alpha value is -0.950. The van der Waals surface area contributed by atoms with Crippen LogP contribution in [0.2, 0.25) is 0 Å². The number of ether oxygens (including phenoxy) is 3. The van der Waals surface area contributed by atoms with Gasteiger partial charge in [0.1, 0.15) is 0 Å². The third kappa shape index (κ3) is 7.67. The molecule has 0 bridgehead atoms. The highest BCUT2D eigenvalue weighted by molar-refractivity contribution is 5.69. The van der Waals surface area contributed by atoms with Gasteiger partial charge in [-0.25, -0.2) is 0 Å². The first-order valence-corrected chi connectivity index (χ1v) is 11.4. The van der Waals surface area contributed by atoms with Crippen LogP contribution in [0.15, 0.2) is 12.2 Å². The van der Waals surface area contributed by atoms with Crippen LogP contribution in [0.1, 0.15) is 77.6 Å². The Kier molecular flexibility index (Phi) is 10.6. The molecule has 4 atom stereocenters. The molecule has 1 aliphatic heterocycles. The lowest BCUT2D eigenvalue weighted by Crippen LogP contribution is -2.33. The molecule has 6 heteroatoms. The van der Waals surface area contributed by atoms with Gasteiger partial charge in [-0.1, -0.05) is 31.9 Å². The molecule has 2 rings (SSSR count). The van der Waals surface area contributed by atoms with Crippen LogP contribution >= 0.6 is 0 Å². The molecule has 0 spiro atoms. The van der Waals surface area contributed by atoms with Crippen LogP contribution in [0.3, 0.4) is 0 Å². The highest BCUT2D eigenvalue weighted by atomic mass is 16.7. The minimum absolute atomic E-state index is 0.0518. The first-order valence-electron chi connectivity index (χ1n) is 11.4. The topological polar surface area (TPSA) is 85.2 Å². The first kappa shape index (κ1) is 24.3. The number of unbranched alkanes of at least 4 members (excludes halogenated alkanes) is 3. The minimum Gasteiger partial charge on any atom is -0.469 e. The number of carbonyl (C=O) groups excluding carboxylic acids is 1. The summed E-state index contributed by atoms with van der Waals surface area (Å²) in [5.41, 5.74) is 0. The van der Waals surface area contributed by atoms with Crippen molar-refractivity contribution in [3.8, 4) is 0 Å². The molecule has 2 fully saturated rings. The fourth-order valence-corrected chi connectivity index (χ4v) is 4.69. The number of methoxy groups -OCH3 is 1. The molecule has 2 aliphatic rings. The van der Waals surface area contributed by atoms with Crippen LogP contribution in [0.25, 0.3) is 0 Å². The molecule has 6 nitrogen and oxygen atoms in total. The molecule has 29 heavy (non-hydrogen) atoms. The number of aliphatic hydroxyl groups excluding tert-OH is 2. The van der Waals surface area contributed by atoms with Crippen molar-refractivity contribution in [3.05, 3.63) is 12.2 Å². The van der Waals surface area contributed by atoms with Gasteiger partial charge in [0.25, 0.3) is 0 Å². The highest BCUT2D eigenvalue weighted by Crippen LogP contribution is 2.41. The van der Waals surface area contributed by atoms with Crippen LogP contribution in [0, 0.1) is 11.8 Å². The van der Waals surface area contributed by atoms with Crippen molar-refractivity contribution in [2.45, 2.75) is 95.5 Å². The number of hydrogen-bond acceptors (Lipinski definition) is 6. The number of aliphatic hydroxyl groups is 2. The fraction of sp³-hybridized carbons (Fsp3) is 0.870. The van der Waals surface area contributed by atoms with Crippen LogP contribution < -0.4 is 0 Å². The summed E-state index contributed by atoms with van der Waals surface area (Å²) in [7, 11) is 1.40. The monoisotopic (exact) mass is 412 g/mol. The predicted molar refractivity (Wildman–Crippen MR) is 111 cm³/mol.